The second kappa shape index (κ2) is 5.31. The summed E-state index contributed by atoms with van der Waals surface area (Å²) in [6.45, 7) is -3.16. The maximum Gasteiger partial charge on any atom is 0.444 e. The minimum atomic E-state index is -4.83. The highest BCUT2D eigenvalue weighted by Crippen LogP contribution is 2.31. The van der Waals surface area contributed by atoms with E-state index in [1.807, 2.05) is 0 Å². The highest BCUT2D eigenvalue weighted by Gasteiger charge is 2.34. The van der Waals surface area contributed by atoms with Crippen LogP contribution in [0.2, 0.25) is 0 Å². The molecule has 2 nitrogen and oxygen atoms in total. The van der Waals surface area contributed by atoms with Gasteiger partial charge in [-0.3, -0.25) is 0 Å². The summed E-state index contributed by atoms with van der Waals surface area (Å²) in [5.41, 5.74) is -0.421. The van der Waals surface area contributed by atoms with Crippen LogP contribution >= 0.6 is 11.6 Å². The van der Waals surface area contributed by atoms with Gasteiger partial charge in [0.15, 0.2) is 5.75 Å². The van der Waals surface area contributed by atoms with Crippen molar-refractivity contribution in [2.24, 2.45) is 4.99 Å². The molecule has 0 saturated heterocycles. The second-order valence-electron chi connectivity index (χ2n) is 2.75. The Bertz CT molecular complexity index is 418. The van der Waals surface area contributed by atoms with E-state index in [0.717, 1.165) is 12.1 Å². The molecule has 8 heteroatoms. The van der Waals surface area contributed by atoms with E-state index in [0.29, 0.717) is 0 Å². The van der Waals surface area contributed by atoms with Crippen LogP contribution in [0.1, 0.15) is 0 Å². The summed E-state index contributed by atoms with van der Waals surface area (Å²) in [5, 5.41) is -1.66. The van der Waals surface area contributed by atoms with Crippen molar-refractivity contribution in [1.29, 1.82) is 0 Å². The van der Waals surface area contributed by atoms with E-state index in [1.165, 1.54) is 12.1 Å². The van der Waals surface area contributed by atoms with Gasteiger partial charge in [0.05, 0.1) is 0 Å². The Kier molecular flexibility index (Phi) is 4.28. The SMILES string of the molecule is FC(F)Oc1ccccc1N=C(Cl)C(F)(F)F. The van der Waals surface area contributed by atoms with Crippen LogP contribution in [0.5, 0.6) is 5.75 Å². The molecule has 0 fully saturated rings. The molecule has 17 heavy (non-hydrogen) atoms. The molecule has 0 aliphatic rings. The third-order valence-corrected chi connectivity index (χ3v) is 1.83. The number of hydrogen-bond donors (Lipinski definition) is 0. The minimum absolute atomic E-state index is 0.421. The number of benzene rings is 1. The Balaban J connectivity index is 3.06. The second-order valence-corrected chi connectivity index (χ2v) is 3.10. The third-order valence-electron chi connectivity index (χ3n) is 1.53. The van der Waals surface area contributed by atoms with Crippen molar-refractivity contribution >= 4 is 22.5 Å². The standard InChI is InChI=1S/C9H5ClF5NO/c10-7(9(13,14)15)16-5-3-1-2-4-6(5)17-8(11)12/h1-4,8H. The van der Waals surface area contributed by atoms with Crippen LogP contribution in [0, 0.1) is 0 Å². The summed E-state index contributed by atoms with van der Waals surface area (Å²) >= 11 is 4.88. The predicted octanol–water partition coefficient (Wildman–Crippen LogP) is 4.12. The summed E-state index contributed by atoms with van der Waals surface area (Å²) in [7, 11) is 0. The predicted molar refractivity (Wildman–Crippen MR) is 52.1 cm³/mol. The molecule has 0 radical (unpaired) electrons. The molecular formula is C9H5ClF5NO. The lowest BCUT2D eigenvalue weighted by Crippen LogP contribution is -2.16. The molecule has 0 aromatic heterocycles. The molecule has 94 valence electrons. The third kappa shape index (κ3) is 4.18. The van der Waals surface area contributed by atoms with Gasteiger partial charge < -0.3 is 4.74 Å². The molecular weight excluding hydrogens is 269 g/mol. The fourth-order valence-electron chi connectivity index (χ4n) is 0.914. The Hall–Kier alpha value is -1.37. The van der Waals surface area contributed by atoms with Crippen molar-refractivity contribution in [3.8, 4) is 5.75 Å². The number of nitrogens with zero attached hydrogens (tertiary/aromatic N) is 1. The highest BCUT2D eigenvalue weighted by atomic mass is 35.5. The number of rotatable bonds is 3. The van der Waals surface area contributed by atoms with Crippen LogP contribution in [-0.2, 0) is 0 Å². The molecule has 0 amide bonds. The van der Waals surface area contributed by atoms with Gasteiger partial charge in [-0.25, -0.2) is 4.99 Å². The van der Waals surface area contributed by atoms with Gasteiger partial charge in [0.1, 0.15) is 5.69 Å². The van der Waals surface area contributed by atoms with Crippen molar-refractivity contribution in [2.75, 3.05) is 0 Å². The van der Waals surface area contributed by atoms with Crippen molar-refractivity contribution in [1.82, 2.24) is 0 Å². The summed E-state index contributed by atoms with van der Waals surface area (Å²) in [6, 6.07) is 4.77. The lowest BCUT2D eigenvalue weighted by Gasteiger charge is -2.08. The summed E-state index contributed by atoms with van der Waals surface area (Å²) in [6.07, 6.45) is -4.83. The molecule has 0 saturated carbocycles. The first-order chi connectivity index (χ1) is 7.80. The van der Waals surface area contributed by atoms with Crippen LogP contribution in [0.3, 0.4) is 0 Å². The van der Waals surface area contributed by atoms with Gasteiger partial charge in [0.2, 0.25) is 5.17 Å². The number of alkyl halides is 5. The van der Waals surface area contributed by atoms with E-state index in [-0.39, 0.29) is 0 Å². The quantitative estimate of drug-likeness (QED) is 0.600. The average Bonchev–Trinajstić information content (AvgIpc) is 2.18. The number of para-hydroxylation sites is 2. The van der Waals surface area contributed by atoms with Gasteiger partial charge in [-0.2, -0.15) is 22.0 Å². The van der Waals surface area contributed by atoms with Crippen molar-refractivity contribution in [3.05, 3.63) is 24.3 Å². The van der Waals surface area contributed by atoms with Crippen molar-refractivity contribution in [3.63, 3.8) is 0 Å². The first kappa shape index (κ1) is 13.7. The topological polar surface area (TPSA) is 21.6 Å². The average molecular weight is 274 g/mol. The number of ether oxygens (including phenoxy) is 1. The highest BCUT2D eigenvalue weighted by molar-refractivity contribution is 6.67. The normalized spacial score (nSPS) is 13.0. The Labute approximate surface area is 97.7 Å². The van der Waals surface area contributed by atoms with Crippen LogP contribution < -0.4 is 4.74 Å². The van der Waals surface area contributed by atoms with Gasteiger partial charge >= 0.3 is 12.8 Å². The van der Waals surface area contributed by atoms with E-state index in [9.17, 15) is 22.0 Å². The monoisotopic (exact) mass is 273 g/mol. The molecule has 0 aliphatic carbocycles. The fourth-order valence-corrected chi connectivity index (χ4v) is 1.01. The van der Waals surface area contributed by atoms with Crippen LogP contribution in [-0.4, -0.2) is 18.0 Å². The van der Waals surface area contributed by atoms with Gasteiger partial charge in [-0.15, -0.1) is 0 Å². The molecule has 0 unspecified atom stereocenters. The Morgan fingerprint density at radius 3 is 2.35 bits per heavy atom. The van der Waals surface area contributed by atoms with Crippen LogP contribution in [0.15, 0.2) is 29.3 Å². The van der Waals surface area contributed by atoms with E-state index < -0.39 is 29.4 Å². The summed E-state index contributed by atoms with van der Waals surface area (Å²) in [4.78, 5) is 2.98. The Morgan fingerprint density at radius 1 is 1.24 bits per heavy atom. The maximum atomic E-state index is 12.1. The van der Waals surface area contributed by atoms with E-state index >= 15 is 0 Å². The first-order valence-electron chi connectivity index (χ1n) is 4.16. The number of hydrogen-bond acceptors (Lipinski definition) is 2. The lowest BCUT2D eigenvalue weighted by molar-refractivity contribution is -0.0558. The van der Waals surface area contributed by atoms with Gasteiger partial charge in [-0.05, 0) is 12.1 Å². The molecule has 0 heterocycles. The minimum Gasteiger partial charge on any atom is -0.433 e. The number of halogens is 6. The molecule has 0 atom stereocenters. The lowest BCUT2D eigenvalue weighted by atomic mass is 10.3. The molecule has 0 spiro atoms. The zero-order valence-corrected chi connectivity index (χ0v) is 8.77. The maximum absolute atomic E-state index is 12.1. The largest absolute Gasteiger partial charge is 0.444 e. The summed E-state index contributed by atoms with van der Waals surface area (Å²) < 4.78 is 64.1. The number of aliphatic imine (C=N–C) groups is 1. The van der Waals surface area contributed by atoms with E-state index in [2.05, 4.69) is 9.73 Å². The summed E-state index contributed by atoms with van der Waals surface area (Å²) in [5.74, 6) is -0.482. The molecule has 0 aliphatic heterocycles. The van der Waals surface area contributed by atoms with Gasteiger partial charge in [0.25, 0.3) is 0 Å². The first-order valence-corrected chi connectivity index (χ1v) is 4.53. The molecule has 1 aromatic rings. The smallest absolute Gasteiger partial charge is 0.433 e. The van der Waals surface area contributed by atoms with Crippen LogP contribution in [0.25, 0.3) is 0 Å². The van der Waals surface area contributed by atoms with Crippen molar-refractivity contribution in [2.45, 2.75) is 12.8 Å². The zero-order valence-electron chi connectivity index (χ0n) is 8.01. The molecule has 0 N–H and O–H groups in total. The molecule has 0 bridgehead atoms. The van der Waals surface area contributed by atoms with Crippen molar-refractivity contribution < 1.29 is 26.7 Å². The van der Waals surface area contributed by atoms with Crippen LogP contribution in [0.4, 0.5) is 27.6 Å². The van der Waals surface area contributed by atoms with Gasteiger partial charge in [-0.1, -0.05) is 23.7 Å². The molecule has 1 aromatic carbocycles. The zero-order chi connectivity index (χ0) is 13.1. The molecule has 1 rings (SSSR count). The fraction of sp³-hybridized carbons (Fsp3) is 0.222. The van der Waals surface area contributed by atoms with E-state index in [1.54, 1.807) is 0 Å². The van der Waals surface area contributed by atoms with E-state index in [4.69, 9.17) is 11.6 Å². The van der Waals surface area contributed by atoms with Gasteiger partial charge in [0, 0.05) is 0 Å². The Morgan fingerprint density at radius 2 is 1.82 bits per heavy atom.